The van der Waals surface area contributed by atoms with Crippen LogP contribution in [0.5, 0.6) is 0 Å². The summed E-state index contributed by atoms with van der Waals surface area (Å²) >= 11 is 0. The van der Waals surface area contributed by atoms with E-state index in [0.29, 0.717) is 5.56 Å². The predicted molar refractivity (Wildman–Crippen MR) is 66.2 cm³/mol. The topological polar surface area (TPSA) is 32.3 Å². The minimum atomic E-state index is -0.634. The van der Waals surface area contributed by atoms with Gasteiger partial charge in [0.05, 0.1) is 6.10 Å². The van der Waals surface area contributed by atoms with Gasteiger partial charge in [-0.15, -0.1) is 0 Å². The molecular weight excluding hydrogens is 217 g/mol. The lowest BCUT2D eigenvalue weighted by molar-refractivity contribution is 0.0842. The molecular formula is C14H20FNO. The Labute approximate surface area is 102 Å². The van der Waals surface area contributed by atoms with Gasteiger partial charge in [0.2, 0.25) is 0 Å². The maximum absolute atomic E-state index is 13.1. The van der Waals surface area contributed by atoms with Crippen molar-refractivity contribution in [3.8, 4) is 0 Å². The Kier molecular flexibility index (Phi) is 3.50. The van der Waals surface area contributed by atoms with E-state index >= 15 is 0 Å². The molecule has 0 bridgehead atoms. The third-order valence-corrected chi connectivity index (χ3v) is 3.46. The molecule has 17 heavy (non-hydrogen) atoms. The van der Waals surface area contributed by atoms with Crippen LogP contribution in [-0.2, 0) is 0 Å². The van der Waals surface area contributed by atoms with Gasteiger partial charge in [-0.2, -0.15) is 0 Å². The molecule has 2 atom stereocenters. The van der Waals surface area contributed by atoms with Crippen LogP contribution < -0.4 is 5.32 Å². The summed E-state index contributed by atoms with van der Waals surface area (Å²) in [6.45, 7) is 4.27. The molecule has 2 N–H and O–H groups in total. The number of piperidine rings is 1. The third kappa shape index (κ3) is 3.05. The van der Waals surface area contributed by atoms with E-state index in [4.69, 9.17) is 0 Å². The summed E-state index contributed by atoms with van der Waals surface area (Å²) in [6.07, 6.45) is 2.50. The standard InChI is InChI=1S/C14H20FNO/c1-14(2)8-4-7-12(16-14)13(17)10-5-3-6-11(15)9-10/h3,5-6,9,12-13,16-17H,4,7-8H2,1-2H3/t12-,13?/m1/s1. The van der Waals surface area contributed by atoms with Gasteiger partial charge in [-0.25, -0.2) is 4.39 Å². The van der Waals surface area contributed by atoms with Crippen molar-refractivity contribution in [2.75, 3.05) is 0 Å². The minimum Gasteiger partial charge on any atom is -0.387 e. The highest BCUT2D eigenvalue weighted by atomic mass is 19.1. The Morgan fingerprint density at radius 3 is 2.88 bits per heavy atom. The van der Waals surface area contributed by atoms with E-state index in [1.54, 1.807) is 12.1 Å². The number of halogens is 1. The van der Waals surface area contributed by atoms with Crippen molar-refractivity contribution in [2.24, 2.45) is 0 Å². The highest BCUT2D eigenvalue weighted by molar-refractivity contribution is 5.20. The molecule has 0 aromatic heterocycles. The Balaban J connectivity index is 2.12. The number of rotatable bonds is 2. The summed E-state index contributed by atoms with van der Waals surface area (Å²) < 4.78 is 13.1. The summed E-state index contributed by atoms with van der Waals surface area (Å²) in [4.78, 5) is 0. The maximum Gasteiger partial charge on any atom is 0.123 e. The molecule has 1 aromatic rings. The normalized spacial score (nSPS) is 25.5. The lowest BCUT2D eigenvalue weighted by Gasteiger charge is -2.39. The summed E-state index contributed by atoms with van der Waals surface area (Å²) in [6, 6.07) is 6.24. The molecule has 0 saturated carbocycles. The molecule has 0 amide bonds. The maximum atomic E-state index is 13.1. The zero-order valence-corrected chi connectivity index (χ0v) is 10.4. The van der Waals surface area contributed by atoms with Crippen molar-refractivity contribution < 1.29 is 9.50 Å². The van der Waals surface area contributed by atoms with Crippen molar-refractivity contribution in [3.63, 3.8) is 0 Å². The van der Waals surface area contributed by atoms with E-state index in [0.717, 1.165) is 19.3 Å². The van der Waals surface area contributed by atoms with Crippen LogP contribution in [0.25, 0.3) is 0 Å². The highest BCUT2D eigenvalue weighted by Crippen LogP contribution is 2.29. The lowest BCUT2D eigenvalue weighted by atomic mass is 9.85. The molecule has 1 fully saturated rings. The first-order chi connectivity index (χ1) is 7.98. The van der Waals surface area contributed by atoms with E-state index < -0.39 is 6.10 Å². The van der Waals surface area contributed by atoms with Gasteiger partial charge in [0.1, 0.15) is 5.82 Å². The summed E-state index contributed by atoms with van der Waals surface area (Å²) in [5.41, 5.74) is 0.706. The Bertz CT molecular complexity index is 392. The molecule has 2 rings (SSSR count). The van der Waals surface area contributed by atoms with Gasteiger partial charge in [0, 0.05) is 11.6 Å². The Hall–Kier alpha value is -0.930. The van der Waals surface area contributed by atoms with Gasteiger partial charge in [0.15, 0.2) is 0 Å². The van der Waals surface area contributed by atoms with Crippen LogP contribution >= 0.6 is 0 Å². The van der Waals surface area contributed by atoms with Crippen LogP contribution in [-0.4, -0.2) is 16.7 Å². The monoisotopic (exact) mass is 237 g/mol. The van der Waals surface area contributed by atoms with E-state index in [2.05, 4.69) is 19.2 Å². The molecule has 3 heteroatoms. The van der Waals surface area contributed by atoms with Crippen molar-refractivity contribution in [1.29, 1.82) is 0 Å². The van der Waals surface area contributed by atoms with Gasteiger partial charge < -0.3 is 10.4 Å². The molecule has 94 valence electrons. The van der Waals surface area contributed by atoms with Crippen molar-refractivity contribution in [2.45, 2.75) is 50.8 Å². The number of aliphatic hydroxyl groups excluding tert-OH is 1. The van der Waals surface area contributed by atoms with E-state index in [-0.39, 0.29) is 17.4 Å². The van der Waals surface area contributed by atoms with Gasteiger partial charge in [-0.3, -0.25) is 0 Å². The predicted octanol–water partition coefficient (Wildman–Crippen LogP) is 2.78. The first-order valence-electron chi connectivity index (χ1n) is 6.19. The fraction of sp³-hybridized carbons (Fsp3) is 0.571. The van der Waals surface area contributed by atoms with Crippen molar-refractivity contribution in [3.05, 3.63) is 35.6 Å². The highest BCUT2D eigenvalue weighted by Gasteiger charge is 2.31. The SMILES string of the molecule is CC1(C)CCC[C@H](C(O)c2cccc(F)c2)N1. The fourth-order valence-corrected chi connectivity index (χ4v) is 2.57. The summed E-state index contributed by atoms with van der Waals surface area (Å²) in [5, 5.41) is 13.7. The number of benzene rings is 1. The first kappa shape index (κ1) is 12.5. The molecule has 1 unspecified atom stereocenters. The zero-order valence-electron chi connectivity index (χ0n) is 10.4. The molecule has 0 radical (unpaired) electrons. The van der Waals surface area contributed by atoms with Crippen LogP contribution in [0.1, 0.15) is 44.8 Å². The van der Waals surface area contributed by atoms with Crippen molar-refractivity contribution in [1.82, 2.24) is 5.32 Å². The zero-order chi connectivity index (χ0) is 12.5. The van der Waals surface area contributed by atoms with Gasteiger partial charge >= 0.3 is 0 Å². The molecule has 1 aliphatic rings. The molecule has 1 aliphatic heterocycles. The average molecular weight is 237 g/mol. The van der Waals surface area contributed by atoms with Crippen LogP contribution in [0.3, 0.4) is 0 Å². The molecule has 0 spiro atoms. The molecule has 1 aromatic carbocycles. The van der Waals surface area contributed by atoms with Crippen LogP contribution in [0.4, 0.5) is 4.39 Å². The summed E-state index contributed by atoms with van der Waals surface area (Å²) in [7, 11) is 0. The Morgan fingerprint density at radius 2 is 2.24 bits per heavy atom. The lowest BCUT2D eigenvalue weighted by Crippen LogP contribution is -2.51. The fourth-order valence-electron chi connectivity index (χ4n) is 2.57. The van der Waals surface area contributed by atoms with Gasteiger partial charge in [-0.1, -0.05) is 12.1 Å². The quantitative estimate of drug-likeness (QED) is 0.829. The van der Waals surface area contributed by atoms with E-state index in [9.17, 15) is 9.50 Å². The summed E-state index contributed by atoms with van der Waals surface area (Å²) in [5.74, 6) is -0.295. The van der Waals surface area contributed by atoms with Crippen LogP contribution in [0, 0.1) is 5.82 Å². The number of aliphatic hydroxyl groups is 1. The van der Waals surface area contributed by atoms with Crippen molar-refractivity contribution >= 4 is 0 Å². The molecule has 1 heterocycles. The first-order valence-corrected chi connectivity index (χ1v) is 6.19. The van der Waals surface area contributed by atoms with E-state index in [1.165, 1.54) is 12.1 Å². The second-order valence-electron chi connectivity index (χ2n) is 5.53. The minimum absolute atomic E-state index is 0.0144. The largest absolute Gasteiger partial charge is 0.387 e. The van der Waals surface area contributed by atoms with Crippen LogP contribution in [0.2, 0.25) is 0 Å². The molecule has 2 nitrogen and oxygen atoms in total. The van der Waals surface area contributed by atoms with Gasteiger partial charge in [0.25, 0.3) is 0 Å². The second-order valence-corrected chi connectivity index (χ2v) is 5.53. The van der Waals surface area contributed by atoms with E-state index in [1.807, 2.05) is 0 Å². The number of hydrogen-bond acceptors (Lipinski definition) is 2. The Morgan fingerprint density at radius 1 is 1.47 bits per heavy atom. The number of nitrogens with one attached hydrogen (secondary N) is 1. The second kappa shape index (κ2) is 4.75. The van der Waals surface area contributed by atoms with Gasteiger partial charge in [-0.05, 0) is 50.8 Å². The molecule has 1 saturated heterocycles. The van der Waals surface area contributed by atoms with Crippen LogP contribution in [0.15, 0.2) is 24.3 Å². The molecule has 0 aliphatic carbocycles. The average Bonchev–Trinajstić information content (AvgIpc) is 2.26. The smallest absolute Gasteiger partial charge is 0.123 e. The third-order valence-electron chi connectivity index (χ3n) is 3.46. The number of hydrogen-bond donors (Lipinski definition) is 2.